The van der Waals surface area contributed by atoms with Crippen LogP contribution in [-0.2, 0) is 18.3 Å². The maximum atomic E-state index is 11.8. The summed E-state index contributed by atoms with van der Waals surface area (Å²) in [7, 11) is 3.96. The molecule has 0 aliphatic carbocycles. The van der Waals surface area contributed by atoms with Gasteiger partial charge in [-0.2, -0.15) is 5.10 Å². The minimum Gasteiger partial charge on any atom is -0.462 e. The van der Waals surface area contributed by atoms with Gasteiger partial charge in [-0.15, -0.1) is 0 Å². The lowest BCUT2D eigenvalue weighted by molar-refractivity contribution is 0.0523. The molecule has 1 saturated heterocycles. The number of rotatable bonds is 5. The first-order valence-corrected chi connectivity index (χ1v) is 6.96. The first-order valence-electron chi connectivity index (χ1n) is 6.96. The molecule has 0 atom stereocenters. The summed E-state index contributed by atoms with van der Waals surface area (Å²) in [6.07, 6.45) is 1.57. The van der Waals surface area contributed by atoms with Gasteiger partial charge in [0, 0.05) is 33.2 Å². The number of carbonyl (C=O) groups excluding carboxylic acids is 1. The van der Waals surface area contributed by atoms with Gasteiger partial charge < -0.3 is 9.64 Å². The van der Waals surface area contributed by atoms with E-state index in [0.717, 1.165) is 31.9 Å². The van der Waals surface area contributed by atoms with Crippen LogP contribution < -0.4 is 5.43 Å². The van der Waals surface area contributed by atoms with Crippen molar-refractivity contribution in [2.75, 3.05) is 39.8 Å². The van der Waals surface area contributed by atoms with Crippen molar-refractivity contribution in [1.29, 1.82) is 0 Å². The zero-order chi connectivity index (χ0) is 14.5. The summed E-state index contributed by atoms with van der Waals surface area (Å²) < 4.78 is 6.77. The molecule has 1 N–H and O–H groups in total. The van der Waals surface area contributed by atoms with Gasteiger partial charge in [-0.05, 0) is 14.0 Å². The summed E-state index contributed by atoms with van der Waals surface area (Å²) in [6.45, 7) is 6.79. The third-order valence-electron chi connectivity index (χ3n) is 3.53. The molecule has 1 aromatic rings. The second kappa shape index (κ2) is 6.83. The van der Waals surface area contributed by atoms with Crippen LogP contribution in [-0.4, -0.2) is 65.5 Å². The van der Waals surface area contributed by atoms with Gasteiger partial charge in [0.1, 0.15) is 5.56 Å². The van der Waals surface area contributed by atoms with Crippen LogP contribution in [0.4, 0.5) is 0 Å². The molecule has 2 heterocycles. The molecule has 0 unspecified atom stereocenters. The van der Waals surface area contributed by atoms with E-state index in [2.05, 4.69) is 27.5 Å². The highest BCUT2D eigenvalue weighted by molar-refractivity contribution is 5.90. The van der Waals surface area contributed by atoms with Crippen molar-refractivity contribution in [2.45, 2.75) is 13.5 Å². The Hall–Kier alpha value is -1.44. The molecule has 112 valence electrons. The highest BCUT2D eigenvalue weighted by Gasteiger charge is 2.19. The Morgan fingerprint density at radius 3 is 2.70 bits per heavy atom. The summed E-state index contributed by atoms with van der Waals surface area (Å²) in [5.41, 5.74) is 4.75. The zero-order valence-electron chi connectivity index (χ0n) is 12.4. The SMILES string of the molecule is CCOC(=O)c1cnn(C)c1CNN1CCN(C)CC1. The van der Waals surface area contributed by atoms with Gasteiger partial charge in [0.2, 0.25) is 0 Å². The van der Waals surface area contributed by atoms with E-state index in [0.29, 0.717) is 18.7 Å². The highest BCUT2D eigenvalue weighted by Crippen LogP contribution is 2.09. The number of hydrogen-bond donors (Lipinski definition) is 1. The Kier molecular flexibility index (Phi) is 5.11. The number of nitrogens with zero attached hydrogens (tertiary/aromatic N) is 4. The smallest absolute Gasteiger partial charge is 0.341 e. The number of carbonyl (C=O) groups is 1. The summed E-state index contributed by atoms with van der Waals surface area (Å²) >= 11 is 0. The number of hydrazine groups is 1. The number of piperazine rings is 1. The Bertz CT molecular complexity index is 452. The molecule has 0 bridgehead atoms. The molecule has 7 nitrogen and oxygen atoms in total. The number of aromatic nitrogens is 2. The van der Waals surface area contributed by atoms with Gasteiger partial charge in [-0.3, -0.25) is 4.68 Å². The molecule has 1 aromatic heterocycles. The maximum Gasteiger partial charge on any atom is 0.341 e. The maximum absolute atomic E-state index is 11.8. The van der Waals surface area contributed by atoms with Gasteiger partial charge in [-0.25, -0.2) is 15.2 Å². The lowest BCUT2D eigenvalue weighted by Crippen LogP contribution is -2.50. The van der Waals surface area contributed by atoms with Crippen LogP contribution in [0.25, 0.3) is 0 Å². The van der Waals surface area contributed by atoms with Gasteiger partial charge in [0.15, 0.2) is 0 Å². The average Bonchev–Trinajstić information content (AvgIpc) is 2.80. The van der Waals surface area contributed by atoms with Crippen LogP contribution in [0.3, 0.4) is 0 Å². The fourth-order valence-electron chi connectivity index (χ4n) is 2.20. The van der Waals surface area contributed by atoms with Crippen LogP contribution in [0.2, 0.25) is 0 Å². The molecule has 0 radical (unpaired) electrons. The van der Waals surface area contributed by atoms with E-state index in [9.17, 15) is 4.79 Å². The van der Waals surface area contributed by atoms with Crippen LogP contribution >= 0.6 is 0 Å². The minimum absolute atomic E-state index is 0.309. The molecule has 1 fully saturated rings. The lowest BCUT2D eigenvalue weighted by Gasteiger charge is -2.32. The second-order valence-electron chi connectivity index (χ2n) is 4.97. The Labute approximate surface area is 119 Å². The Balaban J connectivity index is 1.95. The molecule has 0 amide bonds. The quantitative estimate of drug-likeness (QED) is 0.757. The van der Waals surface area contributed by atoms with Crippen LogP contribution in [0.5, 0.6) is 0 Å². The molecular formula is C13H23N5O2. The minimum atomic E-state index is -0.309. The van der Waals surface area contributed by atoms with Gasteiger partial charge >= 0.3 is 5.97 Å². The van der Waals surface area contributed by atoms with Crippen LogP contribution in [0.1, 0.15) is 23.0 Å². The summed E-state index contributed by atoms with van der Waals surface area (Å²) in [5.74, 6) is -0.309. The van der Waals surface area contributed by atoms with E-state index >= 15 is 0 Å². The number of nitrogens with one attached hydrogen (secondary N) is 1. The van der Waals surface area contributed by atoms with Crippen molar-refractivity contribution in [2.24, 2.45) is 7.05 Å². The van der Waals surface area contributed by atoms with Gasteiger partial charge in [0.25, 0.3) is 0 Å². The Morgan fingerprint density at radius 2 is 2.05 bits per heavy atom. The van der Waals surface area contributed by atoms with Crippen molar-refractivity contribution in [3.05, 3.63) is 17.5 Å². The monoisotopic (exact) mass is 281 g/mol. The molecule has 0 saturated carbocycles. The van der Waals surface area contributed by atoms with Gasteiger partial charge in [-0.1, -0.05) is 0 Å². The number of likely N-dealkylation sites (N-methyl/N-ethyl adjacent to an activating group) is 1. The molecule has 1 aliphatic rings. The number of aryl methyl sites for hydroxylation is 1. The van der Waals surface area contributed by atoms with Crippen molar-refractivity contribution >= 4 is 5.97 Å². The third kappa shape index (κ3) is 3.56. The molecule has 0 aromatic carbocycles. The largest absolute Gasteiger partial charge is 0.462 e. The number of hydrogen-bond acceptors (Lipinski definition) is 6. The van der Waals surface area contributed by atoms with E-state index in [1.165, 1.54) is 0 Å². The molecule has 0 spiro atoms. The molecule has 2 rings (SSSR count). The predicted molar refractivity (Wildman–Crippen MR) is 75.1 cm³/mol. The predicted octanol–water partition coefficient (Wildman–Crippen LogP) is -0.151. The van der Waals surface area contributed by atoms with E-state index in [1.54, 1.807) is 17.8 Å². The summed E-state index contributed by atoms with van der Waals surface area (Å²) in [5, 5.41) is 6.33. The van der Waals surface area contributed by atoms with E-state index in [1.807, 2.05) is 7.05 Å². The zero-order valence-corrected chi connectivity index (χ0v) is 12.4. The van der Waals surface area contributed by atoms with Crippen LogP contribution in [0.15, 0.2) is 6.20 Å². The van der Waals surface area contributed by atoms with Crippen LogP contribution in [0, 0.1) is 0 Å². The molecule has 1 aliphatic heterocycles. The normalized spacial score (nSPS) is 17.4. The van der Waals surface area contributed by atoms with E-state index in [4.69, 9.17) is 4.74 Å². The van der Waals surface area contributed by atoms with Gasteiger partial charge in [0.05, 0.1) is 25.0 Å². The third-order valence-corrected chi connectivity index (χ3v) is 3.53. The average molecular weight is 281 g/mol. The fourth-order valence-corrected chi connectivity index (χ4v) is 2.20. The molecular weight excluding hydrogens is 258 g/mol. The highest BCUT2D eigenvalue weighted by atomic mass is 16.5. The standard InChI is InChI=1S/C13H23N5O2/c1-4-20-13(19)11-9-14-17(3)12(11)10-15-18-7-5-16(2)6-8-18/h9,15H,4-8,10H2,1-3H3. The van der Waals surface area contributed by atoms with Crippen molar-refractivity contribution < 1.29 is 9.53 Å². The van der Waals surface area contributed by atoms with E-state index in [-0.39, 0.29) is 5.97 Å². The number of ether oxygens (including phenoxy) is 1. The lowest BCUT2D eigenvalue weighted by atomic mass is 10.2. The second-order valence-corrected chi connectivity index (χ2v) is 4.97. The molecule has 7 heteroatoms. The fraction of sp³-hybridized carbons (Fsp3) is 0.692. The first-order chi connectivity index (χ1) is 9.61. The van der Waals surface area contributed by atoms with Crippen molar-refractivity contribution in [3.8, 4) is 0 Å². The molecule has 20 heavy (non-hydrogen) atoms. The Morgan fingerprint density at radius 1 is 1.35 bits per heavy atom. The van der Waals surface area contributed by atoms with Crippen molar-refractivity contribution in [3.63, 3.8) is 0 Å². The first kappa shape index (κ1) is 15.0. The van der Waals surface area contributed by atoms with E-state index < -0.39 is 0 Å². The number of esters is 1. The summed E-state index contributed by atoms with van der Waals surface area (Å²) in [6, 6.07) is 0. The summed E-state index contributed by atoms with van der Waals surface area (Å²) in [4.78, 5) is 14.1. The topological polar surface area (TPSA) is 62.6 Å². The van der Waals surface area contributed by atoms with Crippen molar-refractivity contribution in [1.82, 2.24) is 25.1 Å².